The van der Waals surface area contributed by atoms with Crippen molar-refractivity contribution < 1.29 is 4.79 Å². The molecule has 1 atom stereocenters. The van der Waals surface area contributed by atoms with Crippen molar-refractivity contribution in [2.24, 2.45) is 0 Å². The average Bonchev–Trinajstić information content (AvgIpc) is 2.91. The molecule has 0 fully saturated rings. The molecule has 0 bridgehead atoms. The minimum absolute atomic E-state index is 0.163. The summed E-state index contributed by atoms with van der Waals surface area (Å²) in [5, 5.41) is 9.20. The Kier molecular flexibility index (Phi) is 2.49. The number of carbonyl (C=O) groups excluding carboxylic acids is 1. The maximum Gasteiger partial charge on any atom is 0.268 e. The van der Waals surface area contributed by atoms with E-state index in [1.807, 2.05) is 6.92 Å². The second-order valence-corrected chi connectivity index (χ2v) is 3.15. The third-order valence-corrected chi connectivity index (χ3v) is 2.03. The van der Waals surface area contributed by atoms with Crippen molar-refractivity contribution in [2.75, 3.05) is 0 Å². The summed E-state index contributed by atoms with van der Waals surface area (Å²) in [7, 11) is 0. The summed E-state index contributed by atoms with van der Waals surface area (Å²) in [5.74, 6) is 0.471. The average molecular weight is 205 g/mol. The Morgan fingerprint density at radius 2 is 2.47 bits per heavy atom. The summed E-state index contributed by atoms with van der Waals surface area (Å²) < 4.78 is 0. The molecule has 0 radical (unpaired) electrons. The van der Waals surface area contributed by atoms with Gasteiger partial charge in [0.15, 0.2) is 0 Å². The Morgan fingerprint density at radius 1 is 1.60 bits per heavy atom. The Bertz CT molecular complexity index is 419. The monoisotopic (exact) mass is 205 g/mol. The Hall–Kier alpha value is -2.11. The van der Waals surface area contributed by atoms with Crippen molar-refractivity contribution in [3.63, 3.8) is 0 Å². The number of hydrogen-bond acceptors (Lipinski definition) is 3. The summed E-state index contributed by atoms with van der Waals surface area (Å²) in [5.41, 5.74) is 0.529. The maximum atomic E-state index is 11.6. The molecule has 2 aromatic heterocycles. The van der Waals surface area contributed by atoms with E-state index in [2.05, 4.69) is 25.5 Å². The first-order valence-electron chi connectivity index (χ1n) is 4.57. The number of nitrogens with zero attached hydrogens (tertiary/aromatic N) is 2. The molecule has 6 nitrogen and oxygen atoms in total. The molecule has 15 heavy (non-hydrogen) atoms. The molecular weight excluding hydrogens is 194 g/mol. The van der Waals surface area contributed by atoms with Crippen LogP contribution in [0.2, 0.25) is 0 Å². The van der Waals surface area contributed by atoms with E-state index in [4.69, 9.17) is 0 Å². The van der Waals surface area contributed by atoms with Crippen LogP contribution in [0.5, 0.6) is 0 Å². The number of amides is 1. The van der Waals surface area contributed by atoms with E-state index in [0.717, 1.165) is 0 Å². The van der Waals surface area contributed by atoms with Gasteiger partial charge in [-0.1, -0.05) is 0 Å². The fourth-order valence-electron chi connectivity index (χ4n) is 1.24. The molecular formula is C9H11N5O. The lowest BCUT2D eigenvalue weighted by molar-refractivity contribution is 0.0934. The summed E-state index contributed by atoms with van der Waals surface area (Å²) in [6, 6.07) is 3.29. The van der Waals surface area contributed by atoms with Crippen LogP contribution in [0.4, 0.5) is 0 Å². The minimum atomic E-state index is -0.191. The highest BCUT2D eigenvalue weighted by atomic mass is 16.1. The van der Waals surface area contributed by atoms with E-state index in [-0.39, 0.29) is 11.9 Å². The van der Waals surface area contributed by atoms with E-state index >= 15 is 0 Å². The molecule has 0 saturated carbocycles. The molecule has 0 aliphatic rings. The standard InChI is InChI=1S/C9H11N5O/c1-6(8-11-5-12-14-8)13-9(15)7-3-2-4-10-7/h2-6,10H,1H3,(H,13,15)(H,11,12,14)/t6-/m0/s1. The van der Waals surface area contributed by atoms with Crippen molar-refractivity contribution in [3.8, 4) is 0 Å². The number of rotatable bonds is 3. The van der Waals surface area contributed by atoms with Gasteiger partial charge in [0, 0.05) is 6.20 Å². The first-order chi connectivity index (χ1) is 7.27. The fraction of sp³-hybridized carbons (Fsp3) is 0.222. The zero-order valence-corrected chi connectivity index (χ0v) is 8.19. The number of carbonyl (C=O) groups is 1. The molecule has 6 heteroatoms. The van der Waals surface area contributed by atoms with Crippen LogP contribution in [0.25, 0.3) is 0 Å². The largest absolute Gasteiger partial charge is 0.357 e. The topological polar surface area (TPSA) is 86.5 Å². The number of hydrogen-bond donors (Lipinski definition) is 3. The van der Waals surface area contributed by atoms with Crippen molar-refractivity contribution in [1.82, 2.24) is 25.5 Å². The predicted octanol–water partition coefficient (Wildman–Crippen LogP) is 0.624. The highest BCUT2D eigenvalue weighted by Crippen LogP contribution is 2.05. The Labute approximate surface area is 86.1 Å². The third kappa shape index (κ3) is 2.04. The number of aromatic amines is 2. The van der Waals surface area contributed by atoms with Crippen LogP contribution >= 0.6 is 0 Å². The molecule has 78 valence electrons. The van der Waals surface area contributed by atoms with Crippen molar-refractivity contribution in [3.05, 3.63) is 36.2 Å². The van der Waals surface area contributed by atoms with E-state index < -0.39 is 0 Å². The van der Waals surface area contributed by atoms with Crippen molar-refractivity contribution in [2.45, 2.75) is 13.0 Å². The van der Waals surface area contributed by atoms with Crippen molar-refractivity contribution in [1.29, 1.82) is 0 Å². The van der Waals surface area contributed by atoms with Gasteiger partial charge < -0.3 is 10.3 Å². The number of nitrogens with one attached hydrogen (secondary N) is 3. The molecule has 0 aromatic carbocycles. The quantitative estimate of drug-likeness (QED) is 0.686. The lowest BCUT2D eigenvalue weighted by Crippen LogP contribution is -2.27. The molecule has 2 rings (SSSR count). The molecule has 1 amide bonds. The normalized spacial score (nSPS) is 12.3. The minimum Gasteiger partial charge on any atom is -0.357 e. The van der Waals surface area contributed by atoms with E-state index in [1.54, 1.807) is 18.3 Å². The van der Waals surface area contributed by atoms with Gasteiger partial charge in [0.1, 0.15) is 17.8 Å². The molecule has 0 aliphatic carbocycles. The zero-order chi connectivity index (χ0) is 10.7. The summed E-state index contributed by atoms with van der Waals surface area (Å²) in [6.45, 7) is 1.83. The molecule has 3 N–H and O–H groups in total. The Balaban J connectivity index is 2.01. The van der Waals surface area contributed by atoms with Crippen molar-refractivity contribution >= 4 is 5.91 Å². The van der Waals surface area contributed by atoms with Gasteiger partial charge in [0.05, 0.1) is 6.04 Å². The second-order valence-electron chi connectivity index (χ2n) is 3.15. The van der Waals surface area contributed by atoms with Gasteiger partial charge in [-0.15, -0.1) is 0 Å². The van der Waals surface area contributed by atoms with Gasteiger partial charge in [0.25, 0.3) is 5.91 Å². The van der Waals surface area contributed by atoms with Crippen LogP contribution in [0.1, 0.15) is 29.3 Å². The molecule has 0 spiro atoms. The molecule has 0 saturated heterocycles. The van der Waals surface area contributed by atoms with E-state index in [1.165, 1.54) is 6.33 Å². The molecule has 0 aliphatic heterocycles. The number of aromatic nitrogens is 4. The van der Waals surface area contributed by atoms with Crippen LogP contribution in [0.15, 0.2) is 24.7 Å². The lowest BCUT2D eigenvalue weighted by Gasteiger charge is -2.09. The summed E-state index contributed by atoms with van der Waals surface area (Å²) in [6.07, 6.45) is 3.11. The van der Waals surface area contributed by atoms with Crippen LogP contribution in [-0.2, 0) is 0 Å². The first-order valence-corrected chi connectivity index (χ1v) is 4.57. The highest BCUT2D eigenvalue weighted by molar-refractivity contribution is 5.92. The smallest absolute Gasteiger partial charge is 0.268 e. The lowest BCUT2D eigenvalue weighted by atomic mass is 10.3. The fourth-order valence-corrected chi connectivity index (χ4v) is 1.24. The van der Waals surface area contributed by atoms with Gasteiger partial charge >= 0.3 is 0 Å². The van der Waals surface area contributed by atoms with E-state index in [0.29, 0.717) is 11.5 Å². The van der Waals surface area contributed by atoms with Gasteiger partial charge in [-0.25, -0.2) is 4.98 Å². The SMILES string of the molecule is C[C@H](NC(=O)c1ccc[nH]1)c1ncn[nH]1. The van der Waals surface area contributed by atoms with Crippen LogP contribution in [0.3, 0.4) is 0 Å². The molecule has 2 aromatic rings. The molecule has 2 heterocycles. The Morgan fingerprint density at radius 3 is 3.07 bits per heavy atom. The van der Waals surface area contributed by atoms with Gasteiger partial charge in [-0.05, 0) is 19.1 Å². The van der Waals surface area contributed by atoms with Crippen LogP contribution in [-0.4, -0.2) is 26.1 Å². The van der Waals surface area contributed by atoms with Gasteiger partial charge in [-0.3, -0.25) is 9.89 Å². The zero-order valence-electron chi connectivity index (χ0n) is 8.19. The maximum absolute atomic E-state index is 11.6. The third-order valence-electron chi connectivity index (χ3n) is 2.03. The summed E-state index contributed by atoms with van der Waals surface area (Å²) >= 11 is 0. The van der Waals surface area contributed by atoms with E-state index in [9.17, 15) is 4.79 Å². The number of H-pyrrole nitrogens is 2. The first kappa shape index (κ1) is 9.45. The predicted molar refractivity (Wildman–Crippen MR) is 53.1 cm³/mol. The second kappa shape index (κ2) is 3.95. The van der Waals surface area contributed by atoms with Gasteiger partial charge in [-0.2, -0.15) is 5.10 Å². The summed E-state index contributed by atoms with van der Waals surface area (Å²) in [4.78, 5) is 18.4. The van der Waals surface area contributed by atoms with Crippen LogP contribution < -0.4 is 5.32 Å². The molecule has 0 unspecified atom stereocenters. The van der Waals surface area contributed by atoms with Crippen LogP contribution in [0, 0.1) is 0 Å². The van der Waals surface area contributed by atoms with Gasteiger partial charge in [0.2, 0.25) is 0 Å². The highest BCUT2D eigenvalue weighted by Gasteiger charge is 2.13.